The first-order valence-corrected chi connectivity index (χ1v) is 8.48. The van der Waals surface area contributed by atoms with E-state index in [-0.39, 0.29) is 22.4 Å². The molecule has 0 saturated carbocycles. The lowest BCUT2D eigenvalue weighted by Crippen LogP contribution is -2.89. The second-order valence-corrected chi connectivity index (χ2v) is 9.20. The summed E-state index contributed by atoms with van der Waals surface area (Å²) in [5.41, 5.74) is 6.41. The van der Waals surface area contributed by atoms with Gasteiger partial charge in [0.25, 0.3) is 0 Å². The molecule has 3 saturated heterocycles. The van der Waals surface area contributed by atoms with Crippen LogP contribution in [-0.2, 0) is 0 Å². The Bertz CT molecular complexity index is 499. The summed E-state index contributed by atoms with van der Waals surface area (Å²) in [6.45, 7) is 12.9. The lowest BCUT2D eigenvalue weighted by Gasteiger charge is -2.65. The fourth-order valence-electron chi connectivity index (χ4n) is 4.12. The lowest BCUT2D eigenvalue weighted by atomic mass is 9.86. The minimum atomic E-state index is -0.335. The maximum Gasteiger partial charge on any atom is 0.185 e. The Balaban J connectivity index is 1.97. The van der Waals surface area contributed by atoms with Crippen molar-refractivity contribution in [3.8, 4) is 0 Å². The summed E-state index contributed by atoms with van der Waals surface area (Å²) < 4.78 is 0. The van der Waals surface area contributed by atoms with Gasteiger partial charge in [-0.25, -0.2) is 10.9 Å². The molecule has 3 aliphatic heterocycles. The first kappa shape index (κ1) is 16.2. The SMILES string of the molecule is CC1(C)CC2(C)NN3C(=S)NC(C)(C)CC3(C)NN2C(=S)N1. The maximum atomic E-state index is 5.60. The van der Waals surface area contributed by atoms with E-state index in [4.69, 9.17) is 24.4 Å². The quantitative estimate of drug-likeness (QED) is 0.490. The van der Waals surface area contributed by atoms with E-state index < -0.39 is 0 Å². The van der Waals surface area contributed by atoms with Crippen LogP contribution in [0.15, 0.2) is 0 Å². The van der Waals surface area contributed by atoms with Crippen LogP contribution in [0.3, 0.4) is 0 Å². The fraction of sp³-hybridized carbons (Fsp3) is 0.857. The summed E-state index contributed by atoms with van der Waals surface area (Å²) in [5, 5.41) is 12.4. The van der Waals surface area contributed by atoms with Gasteiger partial charge in [-0.15, -0.1) is 0 Å². The number of nitrogens with one attached hydrogen (secondary N) is 4. The average Bonchev–Trinajstić information content (AvgIpc) is 2.26. The second kappa shape index (κ2) is 4.43. The molecule has 22 heavy (non-hydrogen) atoms. The van der Waals surface area contributed by atoms with Crippen LogP contribution >= 0.6 is 24.4 Å². The van der Waals surface area contributed by atoms with Crippen LogP contribution in [0.25, 0.3) is 0 Å². The number of fused-ring (bicyclic) bond motifs is 2. The van der Waals surface area contributed by atoms with Crippen LogP contribution in [0.4, 0.5) is 0 Å². The monoisotopic (exact) mass is 342 g/mol. The van der Waals surface area contributed by atoms with Crippen molar-refractivity contribution in [1.29, 1.82) is 0 Å². The van der Waals surface area contributed by atoms with Gasteiger partial charge in [0.2, 0.25) is 0 Å². The van der Waals surface area contributed by atoms with Crippen molar-refractivity contribution in [2.75, 3.05) is 0 Å². The number of hydrazine groups is 2. The molecule has 0 spiro atoms. The van der Waals surface area contributed by atoms with Gasteiger partial charge in [-0.2, -0.15) is 0 Å². The molecule has 0 bridgehead atoms. The topological polar surface area (TPSA) is 54.6 Å². The molecule has 4 N–H and O–H groups in total. The highest BCUT2D eigenvalue weighted by Crippen LogP contribution is 2.38. The first-order chi connectivity index (χ1) is 9.86. The third-order valence-electron chi connectivity index (χ3n) is 4.56. The Labute approximate surface area is 143 Å². The molecule has 0 aromatic heterocycles. The van der Waals surface area contributed by atoms with Crippen LogP contribution in [-0.4, -0.2) is 42.6 Å². The zero-order valence-corrected chi connectivity index (χ0v) is 15.8. The van der Waals surface area contributed by atoms with E-state index in [1.807, 2.05) is 10.0 Å². The number of rotatable bonds is 0. The zero-order chi connectivity index (χ0) is 16.6. The van der Waals surface area contributed by atoms with E-state index >= 15 is 0 Å². The van der Waals surface area contributed by atoms with Gasteiger partial charge in [0, 0.05) is 23.9 Å². The average molecular weight is 343 g/mol. The highest BCUT2D eigenvalue weighted by Gasteiger charge is 2.56. The fourth-order valence-corrected chi connectivity index (χ4v) is 5.16. The Hall–Kier alpha value is -0.700. The number of hydrogen-bond donors (Lipinski definition) is 4. The normalized spacial score (nSPS) is 39.5. The predicted molar refractivity (Wildman–Crippen MR) is 95.6 cm³/mol. The third kappa shape index (κ3) is 2.46. The Morgan fingerprint density at radius 1 is 0.727 bits per heavy atom. The smallest absolute Gasteiger partial charge is 0.185 e. The standard InChI is InChI=1S/C14H26N6S2/c1-11(2)7-13(5)17-20-10(22)16-12(3,4)8-14(20,6)18-19(13)9(21)15-11/h17-18H,7-8H2,1-6H3,(H,15,21)(H,16,22). The Morgan fingerprint density at radius 3 is 1.36 bits per heavy atom. The molecule has 3 rings (SSSR count). The van der Waals surface area contributed by atoms with E-state index in [1.54, 1.807) is 0 Å². The molecule has 3 aliphatic rings. The molecule has 0 aromatic rings. The van der Waals surface area contributed by atoms with Gasteiger partial charge in [0.1, 0.15) is 11.3 Å². The summed E-state index contributed by atoms with van der Waals surface area (Å²) in [7, 11) is 0. The van der Waals surface area contributed by atoms with Crippen LogP contribution in [0.1, 0.15) is 54.4 Å². The molecule has 8 heteroatoms. The van der Waals surface area contributed by atoms with Crippen molar-refractivity contribution in [1.82, 2.24) is 31.5 Å². The molecule has 3 heterocycles. The van der Waals surface area contributed by atoms with Gasteiger partial charge in [0.15, 0.2) is 10.2 Å². The summed E-state index contributed by atoms with van der Waals surface area (Å²) in [6, 6.07) is 0. The molecule has 2 unspecified atom stereocenters. The van der Waals surface area contributed by atoms with Crippen molar-refractivity contribution in [3.63, 3.8) is 0 Å². The molecule has 124 valence electrons. The van der Waals surface area contributed by atoms with Gasteiger partial charge in [-0.3, -0.25) is 10.0 Å². The van der Waals surface area contributed by atoms with E-state index in [2.05, 4.69) is 63.0 Å². The molecule has 0 aromatic carbocycles. The second-order valence-electron chi connectivity index (χ2n) is 8.42. The predicted octanol–water partition coefficient (Wildman–Crippen LogP) is 1.16. The van der Waals surface area contributed by atoms with Crippen molar-refractivity contribution < 1.29 is 0 Å². The molecule has 3 fully saturated rings. The van der Waals surface area contributed by atoms with Crippen molar-refractivity contribution in [3.05, 3.63) is 0 Å². The van der Waals surface area contributed by atoms with Crippen molar-refractivity contribution in [2.45, 2.75) is 76.8 Å². The zero-order valence-electron chi connectivity index (χ0n) is 14.1. The largest absolute Gasteiger partial charge is 0.356 e. The molecular weight excluding hydrogens is 316 g/mol. The van der Waals surface area contributed by atoms with Crippen LogP contribution in [0.2, 0.25) is 0 Å². The summed E-state index contributed by atoms with van der Waals surface area (Å²) in [6.07, 6.45) is 1.76. The maximum absolute atomic E-state index is 5.60. The van der Waals surface area contributed by atoms with Gasteiger partial charge in [0.05, 0.1) is 0 Å². The Morgan fingerprint density at radius 2 is 1.05 bits per heavy atom. The number of nitrogens with zero attached hydrogens (tertiary/aromatic N) is 2. The van der Waals surface area contributed by atoms with Crippen LogP contribution in [0.5, 0.6) is 0 Å². The third-order valence-corrected chi connectivity index (χ3v) is 5.13. The van der Waals surface area contributed by atoms with E-state index in [0.717, 1.165) is 23.1 Å². The summed E-state index contributed by atoms with van der Waals surface area (Å²) in [4.78, 5) is 0. The molecular formula is C14H26N6S2. The lowest BCUT2D eigenvalue weighted by molar-refractivity contribution is -0.149. The first-order valence-electron chi connectivity index (χ1n) is 7.66. The van der Waals surface area contributed by atoms with Gasteiger partial charge < -0.3 is 10.6 Å². The molecule has 0 radical (unpaired) electrons. The van der Waals surface area contributed by atoms with Crippen LogP contribution < -0.4 is 21.5 Å². The van der Waals surface area contributed by atoms with Crippen molar-refractivity contribution >= 4 is 34.7 Å². The van der Waals surface area contributed by atoms with E-state index in [0.29, 0.717) is 0 Å². The molecule has 0 amide bonds. The minimum Gasteiger partial charge on any atom is -0.356 e. The highest BCUT2D eigenvalue weighted by molar-refractivity contribution is 7.80. The number of thiocarbonyl (C=S) groups is 2. The van der Waals surface area contributed by atoms with Gasteiger partial charge >= 0.3 is 0 Å². The molecule has 6 nitrogen and oxygen atoms in total. The van der Waals surface area contributed by atoms with Crippen LogP contribution in [0, 0.1) is 0 Å². The highest BCUT2D eigenvalue weighted by atomic mass is 32.1. The Kier molecular flexibility index (Phi) is 3.26. The summed E-state index contributed by atoms with van der Waals surface area (Å²) >= 11 is 11.2. The summed E-state index contributed by atoms with van der Waals surface area (Å²) in [5.74, 6) is 0. The van der Waals surface area contributed by atoms with Crippen molar-refractivity contribution in [2.24, 2.45) is 0 Å². The minimum absolute atomic E-state index is 0.0745. The molecule has 0 aliphatic carbocycles. The molecule has 2 atom stereocenters. The van der Waals surface area contributed by atoms with E-state index in [9.17, 15) is 0 Å². The van der Waals surface area contributed by atoms with E-state index in [1.165, 1.54) is 0 Å². The van der Waals surface area contributed by atoms with Gasteiger partial charge in [-0.05, 0) is 66.0 Å². The van der Waals surface area contributed by atoms with Gasteiger partial charge in [-0.1, -0.05) is 0 Å². The number of hydrogen-bond acceptors (Lipinski definition) is 4.